The minimum atomic E-state index is -0.0421. The number of aromatic nitrogens is 1. The lowest BCUT2D eigenvalue weighted by molar-refractivity contribution is 0.0760. The molecule has 0 bridgehead atoms. The van der Waals surface area contributed by atoms with Crippen LogP contribution in [0, 0.1) is 0 Å². The summed E-state index contributed by atoms with van der Waals surface area (Å²) in [5, 5.41) is 0.0485. The minimum absolute atomic E-state index is 0.0421. The van der Waals surface area contributed by atoms with Crippen LogP contribution in [0.15, 0.2) is 29.8 Å². The Bertz CT molecular complexity index is 674. The van der Waals surface area contributed by atoms with Crippen molar-refractivity contribution in [3.63, 3.8) is 0 Å². The molecule has 2 N–H and O–H groups in total. The molecule has 1 aliphatic heterocycles. The highest BCUT2D eigenvalue weighted by Gasteiger charge is 2.31. The molecule has 0 aliphatic carbocycles. The molecule has 116 valence electrons. The zero-order chi connectivity index (χ0) is 15.5. The van der Waals surface area contributed by atoms with Gasteiger partial charge in [0.05, 0.1) is 22.9 Å². The van der Waals surface area contributed by atoms with Gasteiger partial charge in [0, 0.05) is 18.8 Å². The summed E-state index contributed by atoms with van der Waals surface area (Å²) in [7, 11) is 1.63. The summed E-state index contributed by atoms with van der Waals surface area (Å²) in [6.07, 6.45) is 0. The quantitative estimate of drug-likeness (QED) is 0.928. The normalized spacial score (nSPS) is 17.7. The van der Waals surface area contributed by atoms with Crippen molar-refractivity contribution in [1.82, 2.24) is 9.88 Å². The lowest BCUT2D eigenvalue weighted by Gasteiger charge is -2.22. The smallest absolute Gasteiger partial charge is 0.274 e. The minimum Gasteiger partial charge on any atom is -0.497 e. The van der Waals surface area contributed by atoms with E-state index in [0.717, 1.165) is 28.5 Å². The van der Waals surface area contributed by atoms with E-state index >= 15 is 0 Å². The van der Waals surface area contributed by atoms with E-state index in [0.29, 0.717) is 12.2 Å². The van der Waals surface area contributed by atoms with Crippen LogP contribution in [0.2, 0.25) is 0 Å². The van der Waals surface area contributed by atoms with E-state index in [9.17, 15) is 4.79 Å². The number of hydrogen-bond donors (Lipinski definition) is 1. The molecule has 22 heavy (non-hydrogen) atoms. The van der Waals surface area contributed by atoms with E-state index in [4.69, 9.17) is 10.5 Å². The molecule has 3 rings (SSSR count). The molecule has 1 fully saturated rings. The third-order valence-corrected chi connectivity index (χ3v) is 5.68. The van der Waals surface area contributed by atoms with Crippen LogP contribution in [0.3, 0.4) is 0 Å². The largest absolute Gasteiger partial charge is 0.497 e. The van der Waals surface area contributed by atoms with Crippen LogP contribution in [0.4, 0.5) is 0 Å². The zero-order valence-corrected chi connectivity index (χ0v) is 13.8. The molecule has 1 aromatic heterocycles. The molecule has 1 unspecified atom stereocenters. The Labute approximate surface area is 137 Å². The fourth-order valence-corrected chi connectivity index (χ4v) is 4.32. The van der Waals surface area contributed by atoms with Crippen molar-refractivity contribution >= 4 is 29.0 Å². The number of nitrogens with two attached hydrogens (primary N) is 1. The Morgan fingerprint density at radius 1 is 1.55 bits per heavy atom. The molecular formula is C15H17N3O2S2. The van der Waals surface area contributed by atoms with Crippen molar-refractivity contribution in [3.05, 3.63) is 35.5 Å². The summed E-state index contributed by atoms with van der Waals surface area (Å²) < 4.78 is 5.26. The molecule has 0 saturated carbocycles. The van der Waals surface area contributed by atoms with Crippen LogP contribution in [0.1, 0.15) is 10.5 Å². The predicted molar refractivity (Wildman–Crippen MR) is 90.4 cm³/mol. The second kappa shape index (κ2) is 6.68. The van der Waals surface area contributed by atoms with Gasteiger partial charge in [0.15, 0.2) is 0 Å². The van der Waals surface area contributed by atoms with Gasteiger partial charge in [-0.2, -0.15) is 0 Å². The number of ether oxygens (including phenoxy) is 1. The third-order valence-electron chi connectivity index (χ3n) is 3.55. The highest BCUT2D eigenvalue weighted by molar-refractivity contribution is 8.00. The van der Waals surface area contributed by atoms with Crippen molar-refractivity contribution in [1.29, 1.82) is 0 Å². The van der Waals surface area contributed by atoms with E-state index in [1.54, 1.807) is 24.4 Å². The summed E-state index contributed by atoms with van der Waals surface area (Å²) in [4.78, 5) is 19.8. The molecule has 0 spiro atoms. The number of carbonyl (C=O) groups is 1. The van der Waals surface area contributed by atoms with Gasteiger partial charge in [-0.1, -0.05) is 12.1 Å². The standard InChI is InChI=1S/C15H17N3O2S2/c1-20-11-4-2-3-10(7-11)14-13(17-9-22-14)15(19)18-5-6-21-12(18)8-16/h2-4,7,9,12H,5-6,8,16H2,1H3. The first-order chi connectivity index (χ1) is 10.7. The fourth-order valence-electron chi connectivity index (χ4n) is 2.45. The average Bonchev–Trinajstić information content (AvgIpc) is 3.23. The van der Waals surface area contributed by atoms with Crippen molar-refractivity contribution in [2.24, 2.45) is 5.73 Å². The second-order valence-corrected chi connectivity index (χ2v) is 6.96. The summed E-state index contributed by atoms with van der Waals surface area (Å²) >= 11 is 3.19. The van der Waals surface area contributed by atoms with Gasteiger partial charge in [-0.25, -0.2) is 4.98 Å². The van der Waals surface area contributed by atoms with Gasteiger partial charge < -0.3 is 15.4 Å². The van der Waals surface area contributed by atoms with E-state index in [2.05, 4.69) is 4.98 Å². The summed E-state index contributed by atoms with van der Waals surface area (Å²) in [5.41, 5.74) is 8.91. The monoisotopic (exact) mass is 335 g/mol. The van der Waals surface area contributed by atoms with E-state index < -0.39 is 0 Å². The molecule has 1 aromatic carbocycles. The summed E-state index contributed by atoms with van der Waals surface area (Å²) in [6.45, 7) is 1.19. The van der Waals surface area contributed by atoms with Crippen LogP contribution < -0.4 is 10.5 Å². The van der Waals surface area contributed by atoms with Crippen LogP contribution >= 0.6 is 23.1 Å². The summed E-state index contributed by atoms with van der Waals surface area (Å²) in [6, 6.07) is 7.68. The Kier molecular flexibility index (Phi) is 4.66. The highest BCUT2D eigenvalue weighted by atomic mass is 32.2. The van der Waals surface area contributed by atoms with Gasteiger partial charge in [0.25, 0.3) is 5.91 Å². The summed E-state index contributed by atoms with van der Waals surface area (Å²) in [5.74, 6) is 1.65. The van der Waals surface area contributed by atoms with Crippen LogP contribution in [0.5, 0.6) is 5.75 Å². The molecule has 1 saturated heterocycles. The number of methoxy groups -OCH3 is 1. The topological polar surface area (TPSA) is 68.5 Å². The first-order valence-electron chi connectivity index (χ1n) is 6.95. The molecule has 2 aromatic rings. The Balaban J connectivity index is 1.93. The predicted octanol–water partition coefficient (Wildman–Crippen LogP) is 2.29. The van der Waals surface area contributed by atoms with Gasteiger partial charge in [-0.05, 0) is 17.7 Å². The van der Waals surface area contributed by atoms with Crippen molar-refractivity contribution in [2.45, 2.75) is 5.37 Å². The number of amides is 1. The van der Waals surface area contributed by atoms with Crippen molar-refractivity contribution in [3.8, 4) is 16.2 Å². The molecule has 1 amide bonds. The number of thiazole rings is 1. The lowest BCUT2D eigenvalue weighted by atomic mass is 10.1. The fraction of sp³-hybridized carbons (Fsp3) is 0.333. The first kappa shape index (κ1) is 15.3. The zero-order valence-electron chi connectivity index (χ0n) is 12.2. The first-order valence-corrected chi connectivity index (χ1v) is 8.88. The molecule has 5 nitrogen and oxygen atoms in total. The highest BCUT2D eigenvalue weighted by Crippen LogP contribution is 2.33. The number of rotatable bonds is 4. The number of hydrogen-bond acceptors (Lipinski definition) is 6. The number of nitrogens with zero attached hydrogens (tertiary/aromatic N) is 2. The van der Waals surface area contributed by atoms with Gasteiger partial charge in [0.2, 0.25) is 0 Å². The Morgan fingerprint density at radius 2 is 2.41 bits per heavy atom. The lowest BCUT2D eigenvalue weighted by Crippen LogP contribution is -2.39. The maximum atomic E-state index is 12.8. The van der Waals surface area contributed by atoms with E-state index in [-0.39, 0.29) is 11.3 Å². The van der Waals surface area contributed by atoms with Gasteiger partial charge in [-0.15, -0.1) is 23.1 Å². The average molecular weight is 335 g/mol. The van der Waals surface area contributed by atoms with Crippen LogP contribution in [0.25, 0.3) is 10.4 Å². The van der Waals surface area contributed by atoms with Crippen LogP contribution in [-0.4, -0.2) is 47.1 Å². The number of thioether (sulfide) groups is 1. The molecule has 1 atom stereocenters. The third kappa shape index (κ3) is 2.84. The Morgan fingerprint density at radius 3 is 3.18 bits per heavy atom. The molecule has 2 heterocycles. The van der Waals surface area contributed by atoms with Crippen LogP contribution in [-0.2, 0) is 0 Å². The van der Waals surface area contributed by atoms with Crippen molar-refractivity contribution in [2.75, 3.05) is 26.0 Å². The SMILES string of the molecule is COc1cccc(-c2scnc2C(=O)N2CCSC2CN)c1. The Hall–Kier alpha value is -1.57. The maximum Gasteiger partial charge on any atom is 0.274 e. The van der Waals surface area contributed by atoms with E-state index in [1.165, 1.54) is 11.3 Å². The van der Waals surface area contributed by atoms with Crippen molar-refractivity contribution < 1.29 is 9.53 Å². The maximum absolute atomic E-state index is 12.8. The number of carbonyl (C=O) groups excluding carboxylic acids is 1. The van der Waals surface area contributed by atoms with Gasteiger partial charge >= 0.3 is 0 Å². The van der Waals surface area contributed by atoms with Gasteiger partial charge in [0.1, 0.15) is 11.4 Å². The molecule has 7 heteroatoms. The van der Waals surface area contributed by atoms with Gasteiger partial charge in [-0.3, -0.25) is 4.79 Å². The molecule has 0 radical (unpaired) electrons. The van der Waals surface area contributed by atoms with E-state index in [1.807, 2.05) is 29.2 Å². The number of benzene rings is 1. The second-order valence-electron chi connectivity index (χ2n) is 4.82. The molecular weight excluding hydrogens is 318 g/mol. The molecule has 1 aliphatic rings.